The number of aryl methyl sites for hydroxylation is 1. The van der Waals surface area contributed by atoms with Crippen molar-refractivity contribution in [3.63, 3.8) is 0 Å². The Morgan fingerprint density at radius 3 is 2.37 bits per heavy atom. The van der Waals surface area contributed by atoms with E-state index >= 15 is 0 Å². The second-order valence-electron chi connectivity index (χ2n) is 8.74. The van der Waals surface area contributed by atoms with Gasteiger partial charge in [0.05, 0.1) is 5.52 Å². The minimum absolute atomic E-state index is 0.0282. The lowest BCUT2D eigenvalue weighted by molar-refractivity contribution is -0.131. The van der Waals surface area contributed by atoms with E-state index < -0.39 is 16.0 Å². The van der Waals surface area contributed by atoms with Crippen LogP contribution in [0.2, 0.25) is 5.02 Å². The van der Waals surface area contributed by atoms with E-state index in [0.29, 0.717) is 15.9 Å². The molecule has 0 aliphatic carbocycles. The van der Waals surface area contributed by atoms with Gasteiger partial charge >= 0.3 is 5.97 Å². The van der Waals surface area contributed by atoms with E-state index in [2.05, 4.69) is 19.9 Å². The third-order valence-corrected chi connectivity index (χ3v) is 8.21. The molecule has 0 radical (unpaired) electrons. The number of ether oxygens (including phenoxy) is 1. The van der Waals surface area contributed by atoms with Gasteiger partial charge in [-0.15, -0.1) is 0 Å². The van der Waals surface area contributed by atoms with Crippen LogP contribution in [0.1, 0.15) is 23.2 Å². The predicted molar refractivity (Wildman–Crippen MR) is 139 cm³/mol. The number of nitrogens with one attached hydrogen (secondary N) is 1. The molecule has 4 aromatic rings. The van der Waals surface area contributed by atoms with Crippen LogP contribution in [0.25, 0.3) is 22.0 Å². The Kier molecular flexibility index (Phi) is 6.86. The summed E-state index contributed by atoms with van der Waals surface area (Å²) in [5.41, 5.74) is 2.96. The molecule has 1 aliphatic rings. The third-order valence-electron chi connectivity index (χ3n) is 6.12. The standard InChI is InChI=1S/C25H23ClN6O5S/c1-15-11-17(5-6-27-15)18-13-28-23(29-14-18)25(34)31-7-9-32(10-8-31)38(35,36)24-22(37-16(2)33)20-12-19(26)3-4-21(20)30-24/h3-6,11-14,30H,7-10H2,1-2H3. The summed E-state index contributed by atoms with van der Waals surface area (Å²) in [6, 6.07) is 8.48. The zero-order valence-electron chi connectivity index (χ0n) is 20.5. The van der Waals surface area contributed by atoms with Crippen molar-refractivity contribution >= 4 is 44.4 Å². The van der Waals surface area contributed by atoms with Gasteiger partial charge in [0.25, 0.3) is 15.9 Å². The molecule has 13 heteroatoms. The van der Waals surface area contributed by atoms with Crippen molar-refractivity contribution in [1.29, 1.82) is 0 Å². The zero-order valence-corrected chi connectivity index (χ0v) is 22.1. The molecule has 11 nitrogen and oxygen atoms in total. The number of carbonyl (C=O) groups is 2. The maximum Gasteiger partial charge on any atom is 0.308 e. The van der Waals surface area contributed by atoms with Crippen molar-refractivity contribution in [2.45, 2.75) is 18.9 Å². The molecule has 1 fully saturated rings. The number of benzene rings is 1. The molecule has 1 aromatic carbocycles. The number of aromatic nitrogens is 4. The van der Waals surface area contributed by atoms with Crippen LogP contribution in [0.4, 0.5) is 0 Å². The van der Waals surface area contributed by atoms with Gasteiger partial charge in [-0.1, -0.05) is 11.6 Å². The second kappa shape index (κ2) is 10.1. The van der Waals surface area contributed by atoms with Gasteiger partial charge in [-0.05, 0) is 42.8 Å². The first kappa shape index (κ1) is 25.8. The van der Waals surface area contributed by atoms with E-state index in [0.717, 1.165) is 16.8 Å². The molecule has 4 heterocycles. The third kappa shape index (κ3) is 4.97. The molecule has 1 saturated heterocycles. The molecule has 0 unspecified atom stereocenters. The Balaban J connectivity index is 1.32. The molecule has 1 amide bonds. The van der Waals surface area contributed by atoms with Crippen LogP contribution in [0.15, 0.2) is 53.9 Å². The van der Waals surface area contributed by atoms with Crippen LogP contribution in [0, 0.1) is 6.92 Å². The van der Waals surface area contributed by atoms with E-state index in [1.807, 2.05) is 19.1 Å². The minimum Gasteiger partial charge on any atom is -0.423 e. The van der Waals surface area contributed by atoms with Crippen molar-refractivity contribution in [3.8, 4) is 16.9 Å². The van der Waals surface area contributed by atoms with Crippen LogP contribution in [-0.4, -0.2) is 75.6 Å². The smallest absolute Gasteiger partial charge is 0.308 e. The molecule has 5 rings (SSSR count). The number of halogens is 1. The molecule has 0 saturated carbocycles. The van der Waals surface area contributed by atoms with Crippen molar-refractivity contribution in [1.82, 2.24) is 29.1 Å². The first-order chi connectivity index (χ1) is 18.1. The highest BCUT2D eigenvalue weighted by molar-refractivity contribution is 7.89. The van der Waals surface area contributed by atoms with Crippen molar-refractivity contribution in [2.75, 3.05) is 26.2 Å². The molecular formula is C25H23ClN6O5S. The summed E-state index contributed by atoms with van der Waals surface area (Å²) < 4.78 is 33.6. The molecular weight excluding hydrogens is 532 g/mol. The number of carbonyl (C=O) groups excluding carboxylic acids is 2. The van der Waals surface area contributed by atoms with Crippen LogP contribution in [0.3, 0.4) is 0 Å². The highest BCUT2D eigenvalue weighted by Gasteiger charge is 2.35. The number of nitrogens with zero attached hydrogens (tertiary/aromatic N) is 5. The quantitative estimate of drug-likeness (QED) is 0.371. The number of amides is 1. The van der Waals surface area contributed by atoms with Gasteiger partial charge in [-0.2, -0.15) is 4.31 Å². The molecule has 1 N–H and O–H groups in total. The monoisotopic (exact) mass is 554 g/mol. The maximum atomic E-state index is 13.5. The summed E-state index contributed by atoms with van der Waals surface area (Å²) in [4.78, 5) is 41.7. The number of piperazine rings is 1. The summed E-state index contributed by atoms with van der Waals surface area (Å²) in [5, 5.41) is 0.504. The number of rotatable bonds is 5. The molecule has 1 aliphatic heterocycles. The van der Waals surface area contributed by atoms with E-state index in [1.54, 1.807) is 30.7 Å². The first-order valence-electron chi connectivity index (χ1n) is 11.7. The van der Waals surface area contributed by atoms with E-state index in [1.165, 1.54) is 22.2 Å². The SMILES string of the molecule is CC(=O)Oc1c(S(=O)(=O)N2CCN(C(=O)c3ncc(-c4ccnc(C)c4)cn3)CC2)[nH]c2ccc(Cl)cc12. The summed E-state index contributed by atoms with van der Waals surface area (Å²) in [6.07, 6.45) is 4.85. The van der Waals surface area contributed by atoms with Crippen molar-refractivity contribution in [3.05, 3.63) is 65.5 Å². The molecule has 196 valence electrons. The van der Waals surface area contributed by atoms with Gasteiger partial charge in [-0.3, -0.25) is 14.6 Å². The first-order valence-corrected chi connectivity index (χ1v) is 13.5. The number of esters is 1. The van der Waals surface area contributed by atoms with Crippen LogP contribution in [0.5, 0.6) is 5.75 Å². The molecule has 0 bridgehead atoms. The summed E-state index contributed by atoms with van der Waals surface area (Å²) in [5.74, 6) is -1.13. The van der Waals surface area contributed by atoms with Gasteiger partial charge in [0, 0.05) is 73.4 Å². The number of aromatic amines is 1. The fourth-order valence-corrected chi connectivity index (χ4v) is 5.96. The lowest BCUT2D eigenvalue weighted by Gasteiger charge is -2.33. The Morgan fingerprint density at radius 1 is 1.00 bits per heavy atom. The van der Waals surface area contributed by atoms with E-state index in [4.69, 9.17) is 16.3 Å². The molecule has 3 aromatic heterocycles. The Hall–Kier alpha value is -3.87. The molecule has 38 heavy (non-hydrogen) atoms. The topological polar surface area (TPSA) is 138 Å². The van der Waals surface area contributed by atoms with Crippen molar-refractivity contribution in [2.24, 2.45) is 0 Å². The zero-order chi connectivity index (χ0) is 27.0. The highest BCUT2D eigenvalue weighted by Crippen LogP contribution is 2.36. The Bertz CT molecular complexity index is 1650. The lowest BCUT2D eigenvalue weighted by atomic mass is 10.1. The van der Waals surface area contributed by atoms with Gasteiger partial charge in [0.2, 0.25) is 5.82 Å². The fourth-order valence-electron chi connectivity index (χ4n) is 4.26. The fraction of sp³-hybridized carbons (Fsp3) is 0.240. The Morgan fingerprint density at radius 2 is 1.71 bits per heavy atom. The lowest BCUT2D eigenvalue weighted by Crippen LogP contribution is -2.50. The maximum absolute atomic E-state index is 13.5. The Labute approximate surface area is 223 Å². The van der Waals surface area contributed by atoms with Crippen LogP contribution < -0.4 is 4.74 Å². The second-order valence-corrected chi connectivity index (χ2v) is 11.1. The average molecular weight is 555 g/mol. The van der Waals surface area contributed by atoms with Crippen LogP contribution >= 0.6 is 11.6 Å². The van der Waals surface area contributed by atoms with Gasteiger partial charge in [0.1, 0.15) is 0 Å². The summed E-state index contributed by atoms with van der Waals surface area (Å²) in [7, 11) is -4.08. The van der Waals surface area contributed by atoms with Gasteiger partial charge in [0.15, 0.2) is 10.8 Å². The molecule has 0 spiro atoms. The minimum atomic E-state index is -4.08. The summed E-state index contributed by atoms with van der Waals surface area (Å²) >= 11 is 6.08. The van der Waals surface area contributed by atoms with Crippen molar-refractivity contribution < 1.29 is 22.7 Å². The normalized spacial score (nSPS) is 14.6. The number of hydrogen-bond donors (Lipinski definition) is 1. The van der Waals surface area contributed by atoms with Gasteiger partial charge < -0.3 is 14.6 Å². The number of fused-ring (bicyclic) bond motifs is 1. The van der Waals surface area contributed by atoms with E-state index in [-0.39, 0.29) is 48.7 Å². The number of hydrogen-bond acceptors (Lipinski definition) is 8. The number of pyridine rings is 1. The summed E-state index contributed by atoms with van der Waals surface area (Å²) in [6.45, 7) is 3.43. The average Bonchev–Trinajstić information content (AvgIpc) is 3.26. The number of H-pyrrole nitrogens is 1. The highest BCUT2D eigenvalue weighted by atomic mass is 35.5. The van der Waals surface area contributed by atoms with Crippen LogP contribution in [-0.2, 0) is 14.8 Å². The molecule has 0 atom stereocenters. The predicted octanol–water partition coefficient (Wildman–Crippen LogP) is 3.05. The largest absolute Gasteiger partial charge is 0.423 e. The number of sulfonamides is 1. The van der Waals surface area contributed by atoms with E-state index in [9.17, 15) is 18.0 Å². The van der Waals surface area contributed by atoms with Gasteiger partial charge in [-0.25, -0.2) is 18.4 Å².